The number of fused-ring (bicyclic) bond motifs is 1. The van der Waals surface area contributed by atoms with Crippen LogP contribution in [0.15, 0.2) is 108 Å². The Morgan fingerprint density at radius 3 is 2.19 bits per heavy atom. The highest BCUT2D eigenvalue weighted by atomic mass is 14.3. The van der Waals surface area contributed by atoms with E-state index in [0.717, 1.165) is 12.8 Å². The van der Waals surface area contributed by atoms with Gasteiger partial charge in [0, 0.05) is 5.92 Å². The van der Waals surface area contributed by atoms with Gasteiger partial charge in [0.25, 0.3) is 0 Å². The fourth-order valence-corrected chi connectivity index (χ4v) is 3.31. The molecule has 1 atom stereocenters. The van der Waals surface area contributed by atoms with Crippen molar-refractivity contribution in [2.45, 2.75) is 48.0 Å². The van der Waals surface area contributed by atoms with Crippen molar-refractivity contribution in [3.63, 3.8) is 0 Å². The van der Waals surface area contributed by atoms with Gasteiger partial charge in [-0.25, -0.2) is 0 Å². The molecule has 0 aliphatic heterocycles. The Kier molecular flexibility index (Phi) is 11.8. The Balaban J connectivity index is 0.00000201. The highest BCUT2D eigenvalue weighted by Gasteiger charge is 2.31. The first-order chi connectivity index (χ1) is 12.3. The van der Waals surface area contributed by atoms with Gasteiger partial charge in [-0.15, -0.1) is 0 Å². The first-order valence-electron chi connectivity index (χ1n) is 9.34. The van der Waals surface area contributed by atoms with Crippen molar-refractivity contribution in [1.82, 2.24) is 0 Å². The molecule has 0 amide bonds. The van der Waals surface area contributed by atoms with E-state index < -0.39 is 0 Å². The summed E-state index contributed by atoms with van der Waals surface area (Å²) in [6, 6.07) is 0. The van der Waals surface area contributed by atoms with E-state index in [1.54, 1.807) is 0 Å². The van der Waals surface area contributed by atoms with E-state index in [1.807, 2.05) is 38.2 Å². The largest absolute Gasteiger partial charge is 0.0991 e. The molecule has 26 heavy (non-hydrogen) atoms. The zero-order chi connectivity index (χ0) is 18.7. The van der Waals surface area contributed by atoms with Gasteiger partial charge in [0.2, 0.25) is 0 Å². The molecule has 0 radical (unpaired) electrons. The van der Waals surface area contributed by atoms with E-state index in [1.165, 1.54) is 27.9 Å². The summed E-state index contributed by atoms with van der Waals surface area (Å²) in [5.41, 5.74) is 6.86. The van der Waals surface area contributed by atoms with Gasteiger partial charge < -0.3 is 0 Å². The van der Waals surface area contributed by atoms with Crippen LogP contribution in [0.2, 0.25) is 0 Å². The van der Waals surface area contributed by atoms with Crippen LogP contribution in [0.3, 0.4) is 0 Å². The third kappa shape index (κ3) is 5.33. The lowest BCUT2D eigenvalue weighted by atomic mass is 9.83. The quantitative estimate of drug-likeness (QED) is 0.335. The van der Waals surface area contributed by atoms with Crippen molar-refractivity contribution in [2.24, 2.45) is 5.92 Å². The maximum absolute atomic E-state index is 3.82. The van der Waals surface area contributed by atoms with Crippen LogP contribution in [0.4, 0.5) is 0 Å². The monoisotopic (exact) mass is 348 g/mol. The number of hydrogen-bond acceptors (Lipinski definition) is 0. The van der Waals surface area contributed by atoms with E-state index in [0.29, 0.717) is 5.92 Å². The molecule has 0 saturated heterocycles. The highest BCUT2D eigenvalue weighted by molar-refractivity contribution is 5.69. The number of hydrogen-bond donors (Lipinski definition) is 0. The number of rotatable bonds is 6. The molecule has 0 saturated carbocycles. The summed E-state index contributed by atoms with van der Waals surface area (Å²) in [6.45, 7) is 15.9. The Hall–Kier alpha value is -2.34. The van der Waals surface area contributed by atoms with E-state index in [-0.39, 0.29) is 7.43 Å². The summed E-state index contributed by atoms with van der Waals surface area (Å²) < 4.78 is 0. The van der Waals surface area contributed by atoms with Crippen molar-refractivity contribution in [1.29, 1.82) is 0 Å². The molecule has 0 nitrogen and oxygen atoms in total. The molecule has 0 heteroatoms. The van der Waals surface area contributed by atoms with Crippen LogP contribution in [0.5, 0.6) is 0 Å². The van der Waals surface area contributed by atoms with Crippen LogP contribution >= 0.6 is 0 Å². The molecule has 1 unspecified atom stereocenters. The molecular formula is C26H36. The van der Waals surface area contributed by atoms with Crippen LogP contribution in [-0.4, -0.2) is 0 Å². The molecule has 0 fully saturated rings. The molecule has 2 aliphatic rings. The molecule has 0 N–H and O–H groups in total. The summed E-state index contributed by atoms with van der Waals surface area (Å²) in [5, 5.41) is 0. The van der Waals surface area contributed by atoms with Gasteiger partial charge >= 0.3 is 0 Å². The second-order valence-electron chi connectivity index (χ2n) is 5.63. The minimum absolute atomic E-state index is 0. The average molecular weight is 349 g/mol. The van der Waals surface area contributed by atoms with Gasteiger partial charge in [0.05, 0.1) is 0 Å². The molecule has 0 aromatic carbocycles. The van der Waals surface area contributed by atoms with Crippen molar-refractivity contribution < 1.29 is 0 Å². The van der Waals surface area contributed by atoms with Crippen LogP contribution in [0, 0.1) is 5.92 Å². The maximum Gasteiger partial charge on any atom is 0.0284 e. The second-order valence-corrected chi connectivity index (χ2v) is 5.63. The fraction of sp³-hybridized carbons (Fsp3) is 0.308. The van der Waals surface area contributed by atoms with Gasteiger partial charge in [-0.3, -0.25) is 0 Å². The molecular weight excluding hydrogens is 312 g/mol. The topological polar surface area (TPSA) is 0 Å². The van der Waals surface area contributed by atoms with E-state index in [4.69, 9.17) is 0 Å². The Labute approximate surface area is 162 Å². The predicted molar refractivity (Wildman–Crippen MR) is 121 cm³/mol. The van der Waals surface area contributed by atoms with E-state index in [2.05, 4.69) is 69.5 Å². The molecule has 140 valence electrons. The van der Waals surface area contributed by atoms with Crippen molar-refractivity contribution in [3.8, 4) is 0 Å². The lowest BCUT2D eigenvalue weighted by Gasteiger charge is -2.21. The molecule has 0 heterocycles. The molecule has 0 bridgehead atoms. The molecule has 0 aromatic rings. The van der Waals surface area contributed by atoms with Gasteiger partial charge in [0.1, 0.15) is 0 Å². The smallest absolute Gasteiger partial charge is 0.0284 e. The van der Waals surface area contributed by atoms with Gasteiger partial charge in [-0.2, -0.15) is 0 Å². The van der Waals surface area contributed by atoms with Crippen molar-refractivity contribution in [2.75, 3.05) is 0 Å². The maximum atomic E-state index is 3.82. The molecule has 2 rings (SSSR count). The van der Waals surface area contributed by atoms with Crippen LogP contribution in [-0.2, 0) is 0 Å². The van der Waals surface area contributed by atoms with Crippen LogP contribution < -0.4 is 0 Å². The third-order valence-electron chi connectivity index (χ3n) is 4.14. The zero-order valence-electron chi connectivity index (χ0n) is 16.3. The standard InChI is InChI=1S/C23H26.C2H6.CH4/c1-5-9-15-20-19(13-8-4)22-17-11-14-18(12-7-3)23(22)21(20)16-10-6-2;1-2;/h5-6,8-13,15-17,22H,1-2,7,14H2,3-4H3;1-2H3;1H4/b13-8-,15-9-,16-10-,18-12-;;. The fourth-order valence-electron chi connectivity index (χ4n) is 3.31. The molecule has 0 spiro atoms. The highest BCUT2D eigenvalue weighted by Crippen LogP contribution is 2.46. The summed E-state index contributed by atoms with van der Waals surface area (Å²) in [6.07, 6.45) is 25.5. The third-order valence-corrected chi connectivity index (χ3v) is 4.14. The normalized spacial score (nSPS) is 20.6. The number of allylic oxidation sites excluding steroid dienone is 16. The lowest BCUT2D eigenvalue weighted by molar-refractivity contribution is 0.890. The minimum Gasteiger partial charge on any atom is -0.0991 e. The summed E-state index contributed by atoms with van der Waals surface area (Å²) >= 11 is 0. The van der Waals surface area contributed by atoms with Gasteiger partial charge in [0.15, 0.2) is 0 Å². The zero-order valence-corrected chi connectivity index (χ0v) is 16.3. The SMILES string of the molecule is C.C=C/C=C\C1=C(/C=C\C)C2C=CC/C(=C/CC)C2=C1/C=C\C=C.CC. The molecule has 0 aromatic heterocycles. The first-order valence-corrected chi connectivity index (χ1v) is 9.34. The Bertz CT molecular complexity index is 682. The summed E-state index contributed by atoms with van der Waals surface area (Å²) in [7, 11) is 0. The second kappa shape index (κ2) is 12.9. The van der Waals surface area contributed by atoms with Crippen molar-refractivity contribution in [3.05, 3.63) is 108 Å². The average Bonchev–Trinajstić information content (AvgIpc) is 2.94. The van der Waals surface area contributed by atoms with Gasteiger partial charge in [-0.05, 0) is 47.6 Å². The summed E-state index contributed by atoms with van der Waals surface area (Å²) in [5.74, 6) is 0.353. The van der Waals surface area contributed by atoms with E-state index >= 15 is 0 Å². The Morgan fingerprint density at radius 1 is 1.04 bits per heavy atom. The predicted octanol–water partition coefficient (Wildman–Crippen LogP) is 8.23. The van der Waals surface area contributed by atoms with E-state index in [9.17, 15) is 0 Å². The Morgan fingerprint density at radius 2 is 1.65 bits per heavy atom. The van der Waals surface area contributed by atoms with Crippen molar-refractivity contribution >= 4 is 0 Å². The molecule has 2 aliphatic carbocycles. The lowest BCUT2D eigenvalue weighted by Crippen LogP contribution is -2.07. The first kappa shape index (κ1) is 23.7. The van der Waals surface area contributed by atoms with Crippen LogP contribution in [0.25, 0.3) is 0 Å². The van der Waals surface area contributed by atoms with Crippen LogP contribution in [0.1, 0.15) is 48.0 Å². The summed E-state index contributed by atoms with van der Waals surface area (Å²) in [4.78, 5) is 0. The minimum atomic E-state index is 0. The van der Waals surface area contributed by atoms with Gasteiger partial charge in [-0.1, -0.05) is 108 Å².